The molecule has 0 aliphatic rings. The number of ether oxygens (including phenoxy) is 1. The van der Waals surface area contributed by atoms with E-state index < -0.39 is 4.92 Å². The van der Waals surface area contributed by atoms with Crippen molar-refractivity contribution in [3.05, 3.63) is 33.9 Å². The molecule has 0 fully saturated rings. The van der Waals surface area contributed by atoms with Gasteiger partial charge in [-0.1, -0.05) is 0 Å². The summed E-state index contributed by atoms with van der Waals surface area (Å²) in [5.74, 6) is -0.124. The van der Waals surface area contributed by atoms with Crippen LogP contribution in [0.25, 0.3) is 0 Å². The van der Waals surface area contributed by atoms with Crippen molar-refractivity contribution in [3.63, 3.8) is 0 Å². The van der Waals surface area contributed by atoms with E-state index in [1.165, 1.54) is 23.1 Å². The van der Waals surface area contributed by atoms with Gasteiger partial charge in [-0.25, -0.2) is 0 Å². The highest BCUT2D eigenvalue weighted by Gasteiger charge is 2.18. The van der Waals surface area contributed by atoms with E-state index in [0.29, 0.717) is 12.1 Å². The first-order chi connectivity index (χ1) is 8.97. The number of hydrogen-bond donors (Lipinski definition) is 1. The Bertz CT molecular complexity index is 474. The second-order valence-electron chi connectivity index (χ2n) is 4.09. The van der Waals surface area contributed by atoms with Gasteiger partial charge in [-0.3, -0.25) is 14.9 Å². The molecule has 104 valence electrons. The highest BCUT2D eigenvalue weighted by molar-refractivity contribution is 5.94. The summed E-state index contributed by atoms with van der Waals surface area (Å²) >= 11 is 0. The van der Waals surface area contributed by atoms with Crippen LogP contribution in [-0.4, -0.2) is 50.0 Å². The number of amides is 1. The van der Waals surface area contributed by atoms with E-state index in [-0.39, 0.29) is 24.0 Å². The third-order valence-corrected chi connectivity index (χ3v) is 2.42. The second kappa shape index (κ2) is 6.69. The van der Waals surface area contributed by atoms with Crippen LogP contribution in [0.3, 0.4) is 0 Å². The number of carbonyl (C=O) groups is 1. The van der Waals surface area contributed by atoms with E-state index in [4.69, 9.17) is 4.74 Å². The van der Waals surface area contributed by atoms with Crippen LogP contribution in [0.4, 0.5) is 5.69 Å². The molecule has 0 bridgehead atoms. The average molecular weight is 267 g/mol. The van der Waals surface area contributed by atoms with E-state index >= 15 is 0 Å². The number of carbonyl (C=O) groups excluding carboxylic acids is 1. The molecule has 0 atom stereocenters. The molecule has 1 aromatic rings. The third-order valence-electron chi connectivity index (χ3n) is 2.42. The zero-order valence-electron chi connectivity index (χ0n) is 11.2. The van der Waals surface area contributed by atoms with Crippen molar-refractivity contribution in [1.82, 2.24) is 10.2 Å². The zero-order chi connectivity index (χ0) is 14.4. The van der Waals surface area contributed by atoms with E-state index in [2.05, 4.69) is 5.32 Å². The lowest BCUT2D eigenvalue weighted by molar-refractivity contribution is -0.385. The molecule has 0 saturated carbocycles. The fourth-order valence-electron chi connectivity index (χ4n) is 1.43. The first kappa shape index (κ1) is 14.9. The number of likely N-dealkylation sites (N-methyl/N-ethyl adjacent to an activating group) is 1. The predicted octanol–water partition coefficient (Wildman–Crippen LogP) is 0.895. The molecule has 0 aliphatic heterocycles. The molecule has 0 aliphatic carbocycles. The van der Waals surface area contributed by atoms with Crippen LogP contribution < -0.4 is 10.1 Å². The Kier molecular flexibility index (Phi) is 5.25. The van der Waals surface area contributed by atoms with E-state index in [9.17, 15) is 14.9 Å². The van der Waals surface area contributed by atoms with Gasteiger partial charge in [0.2, 0.25) is 0 Å². The maximum Gasteiger partial charge on any atom is 0.310 e. The normalized spacial score (nSPS) is 10.1. The maximum absolute atomic E-state index is 11.8. The summed E-state index contributed by atoms with van der Waals surface area (Å²) in [5, 5.41) is 13.8. The van der Waals surface area contributed by atoms with Gasteiger partial charge in [0, 0.05) is 38.3 Å². The number of nitrogens with zero attached hydrogens (tertiary/aromatic N) is 2. The molecule has 7 nitrogen and oxygen atoms in total. The Hall–Kier alpha value is -2.15. The molecule has 0 heterocycles. The predicted molar refractivity (Wildman–Crippen MR) is 70.5 cm³/mol. The zero-order valence-corrected chi connectivity index (χ0v) is 11.2. The van der Waals surface area contributed by atoms with Gasteiger partial charge in [-0.05, 0) is 13.1 Å². The van der Waals surface area contributed by atoms with E-state index in [1.54, 1.807) is 21.1 Å². The third kappa shape index (κ3) is 3.92. The Balaban J connectivity index is 3.03. The molecule has 0 radical (unpaired) electrons. The van der Waals surface area contributed by atoms with Crippen molar-refractivity contribution in [2.45, 2.75) is 0 Å². The Morgan fingerprint density at radius 2 is 2.16 bits per heavy atom. The number of nitrogens with one attached hydrogen (secondary N) is 1. The Morgan fingerprint density at radius 3 is 2.68 bits per heavy atom. The largest absolute Gasteiger partial charge is 0.485 e. The van der Waals surface area contributed by atoms with Crippen LogP contribution in [0.2, 0.25) is 0 Å². The van der Waals surface area contributed by atoms with Crippen LogP contribution in [-0.2, 0) is 0 Å². The van der Waals surface area contributed by atoms with Crippen molar-refractivity contribution in [2.75, 3.05) is 34.3 Å². The van der Waals surface area contributed by atoms with Crippen LogP contribution in [0.1, 0.15) is 10.4 Å². The van der Waals surface area contributed by atoms with Crippen molar-refractivity contribution in [3.8, 4) is 5.75 Å². The van der Waals surface area contributed by atoms with Gasteiger partial charge in [-0.2, -0.15) is 0 Å². The molecular formula is C12H17N3O4. The Morgan fingerprint density at radius 1 is 1.47 bits per heavy atom. The minimum atomic E-state index is -0.529. The molecule has 0 unspecified atom stereocenters. The SMILES string of the molecule is CNCCOc1cc(C(=O)N(C)C)ccc1[N+](=O)[O-]. The van der Waals surface area contributed by atoms with Gasteiger partial charge in [0.05, 0.1) is 4.92 Å². The summed E-state index contributed by atoms with van der Waals surface area (Å²) in [6.07, 6.45) is 0. The van der Waals surface area contributed by atoms with E-state index in [0.717, 1.165) is 0 Å². The lowest BCUT2D eigenvalue weighted by atomic mass is 10.1. The molecule has 1 aromatic carbocycles. The van der Waals surface area contributed by atoms with Gasteiger partial charge in [0.25, 0.3) is 5.91 Å². The molecular weight excluding hydrogens is 250 g/mol. The molecule has 0 saturated heterocycles. The summed E-state index contributed by atoms with van der Waals surface area (Å²) in [5.41, 5.74) is 0.210. The number of nitro benzene ring substituents is 1. The average Bonchev–Trinajstić information content (AvgIpc) is 2.37. The molecule has 1 rings (SSSR count). The summed E-state index contributed by atoms with van der Waals surface area (Å²) in [4.78, 5) is 23.6. The molecule has 1 amide bonds. The fourth-order valence-corrected chi connectivity index (χ4v) is 1.43. The fraction of sp³-hybridized carbons (Fsp3) is 0.417. The molecule has 0 spiro atoms. The lowest BCUT2D eigenvalue weighted by Gasteiger charge is -2.12. The summed E-state index contributed by atoms with van der Waals surface area (Å²) in [6.45, 7) is 0.847. The number of nitro groups is 1. The van der Waals surface area contributed by atoms with Crippen LogP contribution in [0, 0.1) is 10.1 Å². The minimum absolute atomic E-state index is 0.105. The monoisotopic (exact) mass is 267 g/mol. The summed E-state index contributed by atoms with van der Waals surface area (Å²) < 4.78 is 5.33. The molecule has 7 heteroatoms. The number of benzene rings is 1. The quantitative estimate of drug-likeness (QED) is 0.470. The van der Waals surface area contributed by atoms with E-state index in [1.807, 2.05) is 0 Å². The summed E-state index contributed by atoms with van der Waals surface area (Å²) in [7, 11) is 4.99. The Labute approximate surface area is 111 Å². The molecule has 0 aromatic heterocycles. The van der Waals surface area contributed by atoms with Gasteiger partial charge in [0.15, 0.2) is 5.75 Å². The van der Waals surface area contributed by atoms with Gasteiger partial charge < -0.3 is 15.0 Å². The van der Waals surface area contributed by atoms with Crippen LogP contribution in [0.15, 0.2) is 18.2 Å². The first-order valence-electron chi connectivity index (χ1n) is 5.75. The minimum Gasteiger partial charge on any atom is -0.485 e. The van der Waals surface area contributed by atoms with Crippen LogP contribution >= 0.6 is 0 Å². The standard InChI is InChI=1S/C12H17N3O4/c1-13-6-7-19-11-8-9(12(16)14(2)3)4-5-10(11)15(17)18/h4-5,8,13H,6-7H2,1-3H3. The summed E-state index contributed by atoms with van der Waals surface area (Å²) in [6, 6.07) is 4.10. The number of rotatable bonds is 6. The first-order valence-corrected chi connectivity index (χ1v) is 5.75. The van der Waals surface area contributed by atoms with Crippen molar-refractivity contribution < 1.29 is 14.5 Å². The topological polar surface area (TPSA) is 84.7 Å². The van der Waals surface area contributed by atoms with Crippen molar-refractivity contribution in [2.24, 2.45) is 0 Å². The van der Waals surface area contributed by atoms with Gasteiger partial charge >= 0.3 is 5.69 Å². The second-order valence-corrected chi connectivity index (χ2v) is 4.09. The highest BCUT2D eigenvalue weighted by atomic mass is 16.6. The van der Waals surface area contributed by atoms with Gasteiger partial charge in [0.1, 0.15) is 6.61 Å². The van der Waals surface area contributed by atoms with Crippen LogP contribution in [0.5, 0.6) is 5.75 Å². The smallest absolute Gasteiger partial charge is 0.310 e. The maximum atomic E-state index is 11.8. The van der Waals surface area contributed by atoms with Gasteiger partial charge in [-0.15, -0.1) is 0 Å². The van der Waals surface area contributed by atoms with Crippen molar-refractivity contribution >= 4 is 11.6 Å². The molecule has 19 heavy (non-hydrogen) atoms. The highest BCUT2D eigenvalue weighted by Crippen LogP contribution is 2.28. The number of hydrogen-bond acceptors (Lipinski definition) is 5. The lowest BCUT2D eigenvalue weighted by Crippen LogP contribution is -2.22. The molecule has 1 N–H and O–H groups in total. The van der Waals surface area contributed by atoms with Crippen molar-refractivity contribution in [1.29, 1.82) is 0 Å².